The maximum Gasteiger partial charge on any atom is 0.478 e. The molecule has 0 fully saturated rings. The lowest BCUT2D eigenvalue weighted by molar-refractivity contribution is 0.0267. The molecule has 6 nitrogen and oxygen atoms in total. The molecular weight excluding hydrogens is 387 g/mol. The predicted molar refractivity (Wildman–Crippen MR) is 105 cm³/mol. The molecule has 2 rings (SSSR count). The molecule has 2 aromatic rings. The van der Waals surface area contributed by atoms with Gasteiger partial charge in [-0.2, -0.15) is 0 Å². The minimum absolute atomic E-state index is 0.0471. The Hall–Kier alpha value is -1.63. The molecule has 0 unspecified atom stereocenters. The molecule has 0 saturated carbocycles. The minimum Gasteiger partial charge on any atom is -0.430 e. The number of benzene rings is 2. The number of hydrogen-bond donors (Lipinski definition) is 0. The molecule has 2 aromatic carbocycles. The molecule has 146 valence electrons. The highest BCUT2D eigenvalue weighted by atomic mass is 32.2. The van der Waals surface area contributed by atoms with E-state index < -0.39 is 19.9 Å². The van der Waals surface area contributed by atoms with Gasteiger partial charge in [0.1, 0.15) is 0 Å². The molecule has 0 aromatic heterocycles. The summed E-state index contributed by atoms with van der Waals surface area (Å²) in [4.78, 5) is 11.5. The number of ether oxygens (including phenoxy) is 1. The van der Waals surface area contributed by atoms with Crippen LogP contribution in [0.15, 0.2) is 60.7 Å². The van der Waals surface area contributed by atoms with Crippen molar-refractivity contribution in [2.45, 2.75) is 26.6 Å². The van der Waals surface area contributed by atoms with E-state index in [4.69, 9.17) is 18.3 Å². The topological polar surface area (TPSA) is 71.1 Å². The Bertz CT molecular complexity index is 678. The number of carbonyl (C=O) groups is 1. The van der Waals surface area contributed by atoms with Crippen molar-refractivity contribution in [3.8, 4) is 0 Å². The average molecular weight is 410 g/mol. The third kappa shape index (κ3) is 8.73. The molecule has 0 saturated heterocycles. The first kappa shape index (κ1) is 21.7. The summed E-state index contributed by atoms with van der Waals surface area (Å²) in [6.45, 7) is 1.55. The molecule has 0 aliphatic heterocycles. The Balaban J connectivity index is 1.91. The number of phosphoric acid groups is 1. The van der Waals surface area contributed by atoms with Gasteiger partial charge < -0.3 is 4.74 Å². The summed E-state index contributed by atoms with van der Waals surface area (Å²) in [6.07, 6.45) is 0.847. The van der Waals surface area contributed by atoms with Crippen molar-refractivity contribution < 1.29 is 27.7 Å². The largest absolute Gasteiger partial charge is 0.478 e. The minimum atomic E-state index is -3.92. The van der Waals surface area contributed by atoms with Gasteiger partial charge in [0.2, 0.25) is 6.79 Å². The second-order valence-corrected chi connectivity index (χ2v) is 8.15. The van der Waals surface area contributed by atoms with Crippen LogP contribution in [-0.2, 0) is 36.1 Å². The number of rotatable bonds is 11. The lowest BCUT2D eigenvalue weighted by Crippen LogP contribution is -2.07. The quantitative estimate of drug-likeness (QED) is 0.264. The number of hydrogen-bond acceptors (Lipinski definition) is 7. The van der Waals surface area contributed by atoms with Gasteiger partial charge in [0, 0.05) is 5.75 Å². The van der Waals surface area contributed by atoms with Gasteiger partial charge in [-0.1, -0.05) is 67.6 Å². The molecule has 0 aliphatic carbocycles. The van der Waals surface area contributed by atoms with Crippen molar-refractivity contribution in [1.29, 1.82) is 0 Å². The van der Waals surface area contributed by atoms with E-state index in [1.165, 1.54) is 0 Å². The highest BCUT2D eigenvalue weighted by molar-refractivity contribution is 8.13. The lowest BCUT2D eigenvalue weighted by atomic mass is 10.2. The maximum absolute atomic E-state index is 12.9. The first-order chi connectivity index (χ1) is 13.1. The fraction of sp³-hybridized carbons (Fsp3) is 0.316. The summed E-state index contributed by atoms with van der Waals surface area (Å²) < 4.78 is 33.8. The highest BCUT2D eigenvalue weighted by Gasteiger charge is 2.28. The van der Waals surface area contributed by atoms with E-state index in [2.05, 4.69) is 0 Å². The van der Waals surface area contributed by atoms with Crippen LogP contribution < -0.4 is 0 Å². The Morgan fingerprint density at radius 1 is 0.889 bits per heavy atom. The van der Waals surface area contributed by atoms with Crippen LogP contribution in [0.2, 0.25) is 0 Å². The van der Waals surface area contributed by atoms with Crippen LogP contribution in [0.5, 0.6) is 0 Å². The Kier molecular flexibility index (Phi) is 9.59. The van der Waals surface area contributed by atoms with E-state index in [1.54, 1.807) is 0 Å². The second kappa shape index (κ2) is 12.0. The molecule has 0 spiro atoms. The SMILES string of the molecule is CCCSC(=O)OCOP(=O)(OCc1ccccc1)OCc1ccccc1. The molecule has 0 atom stereocenters. The van der Waals surface area contributed by atoms with Gasteiger partial charge in [-0.05, 0) is 29.3 Å². The highest BCUT2D eigenvalue weighted by Crippen LogP contribution is 2.50. The number of thioether (sulfide) groups is 1. The zero-order valence-corrected chi connectivity index (χ0v) is 16.8. The molecular formula is C19H23O6PS. The number of phosphoric ester groups is 1. The Morgan fingerprint density at radius 2 is 1.41 bits per heavy atom. The molecule has 0 N–H and O–H groups in total. The summed E-state index contributed by atoms with van der Waals surface area (Å²) >= 11 is 1.03. The molecule has 0 heterocycles. The van der Waals surface area contributed by atoms with Crippen molar-refractivity contribution in [1.82, 2.24) is 0 Å². The van der Waals surface area contributed by atoms with E-state index in [9.17, 15) is 9.36 Å². The smallest absolute Gasteiger partial charge is 0.430 e. The Morgan fingerprint density at radius 3 is 1.89 bits per heavy atom. The van der Waals surface area contributed by atoms with Crippen LogP contribution in [0.3, 0.4) is 0 Å². The van der Waals surface area contributed by atoms with Crippen LogP contribution in [0.25, 0.3) is 0 Å². The summed E-state index contributed by atoms with van der Waals surface area (Å²) in [5.41, 5.74) is 1.64. The first-order valence-electron chi connectivity index (χ1n) is 8.52. The standard InChI is InChI=1S/C19H23O6PS/c1-2-13-27-19(20)22-16-25-26(21,23-14-17-9-5-3-6-10-17)24-15-18-11-7-4-8-12-18/h3-12H,2,13-16H2,1H3. The third-order valence-electron chi connectivity index (χ3n) is 3.28. The van der Waals surface area contributed by atoms with E-state index in [0.717, 1.165) is 29.3 Å². The van der Waals surface area contributed by atoms with Crippen molar-refractivity contribution in [3.63, 3.8) is 0 Å². The molecule has 0 radical (unpaired) electrons. The zero-order valence-electron chi connectivity index (χ0n) is 15.1. The van der Waals surface area contributed by atoms with Gasteiger partial charge in [-0.15, -0.1) is 0 Å². The number of carbonyl (C=O) groups excluding carboxylic acids is 1. The lowest BCUT2D eigenvalue weighted by Gasteiger charge is -2.18. The fourth-order valence-corrected chi connectivity index (χ4v) is 3.46. The third-order valence-corrected chi connectivity index (χ3v) is 5.55. The van der Waals surface area contributed by atoms with Crippen molar-refractivity contribution in [2.75, 3.05) is 12.5 Å². The van der Waals surface area contributed by atoms with E-state index in [1.807, 2.05) is 67.6 Å². The normalized spacial score (nSPS) is 11.3. The maximum atomic E-state index is 12.9. The predicted octanol–water partition coefficient (Wildman–Crippen LogP) is 5.78. The summed E-state index contributed by atoms with van der Waals surface area (Å²) in [5.74, 6) is 0.644. The molecule has 0 aliphatic rings. The second-order valence-electron chi connectivity index (χ2n) is 5.46. The first-order valence-corrected chi connectivity index (χ1v) is 11.0. The van der Waals surface area contributed by atoms with E-state index in [-0.39, 0.29) is 13.2 Å². The van der Waals surface area contributed by atoms with Crippen LogP contribution in [-0.4, -0.2) is 17.8 Å². The summed E-state index contributed by atoms with van der Waals surface area (Å²) in [5, 5.41) is -0.491. The summed E-state index contributed by atoms with van der Waals surface area (Å²) in [7, 11) is -3.92. The van der Waals surface area contributed by atoms with Crippen LogP contribution in [0.1, 0.15) is 24.5 Å². The Labute approximate surface area is 163 Å². The van der Waals surface area contributed by atoms with Crippen LogP contribution in [0.4, 0.5) is 4.79 Å². The zero-order chi connectivity index (χ0) is 19.4. The van der Waals surface area contributed by atoms with Gasteiger partial charge in [0.05, 0.1) is 13.2 Å². The molecule has 0 bridgehead atoms. The van der Waals surface area contributed by atoms with Crippen molar-refractivity contribution in [3.05, 3.63) is 71.8 Å². The summed E-state index contributed by atoms with van der Waals surface area (Å²) in [6, 6.07) is 18.5. The molecule has 27 heavy (non-hydrogen) atoms. The van der Waals surface area contributed by atoms with Crippen molar-refractivity contribution >= 4 is 24.9 Å². The average Bonchev–Trinajstić information content (AvgIpc) is 2.71. The van der Waals surface area contributed by atoms with Gasteiger partial charge in [-0.25, -0.2) is 13.9 Å². The van der Waals surface area contributed by atoms with E-state index >= 15 is 0 Å². The molecule has 8 heteroatoms. The van der Waals surface area contributed by atoms with Gasteiger partial charge in [0.25, 0.3) is 0 Å². The van der Waals surface area contributed by atoms with Gasteiger partial charge >= 0.3 is 13.1 Å². The fourth-order valence-electron chi connectivity index (χ4n) is 1.93. The monoisotopic (exact) mass is 410 g/mol. The van der Waals surface area contributed by atoms with Crippen molar-refractivity contribution in [2.24, 2.45) is 0 Å². The van der Waals surface area contributed by atoms with Gasteiger partial charge in [-0.3, -0.25) is 9.05 Å². The van der Waals surface area contributed by atoms with E-state index in [0.29, 0.717) is 5.75 Å². The van der Waals surface area contributed by atoms with Gasteiger partial charge in [0.15, 0.2) is 0 Å². The van der Waals surface area contributed by atoms with Crippen LogP contribution >= 0.6 is 19.6 Å². The molecule has 0 amide bonds. The van der Waals surface area contributed by atoms with Crippen LogP contribution in [0, 0.1) is 0 Å².